The minimum absolute atomic E-state index is 0. The van der Waals surface area contributed by atoms with Crippen molar-refractivity contribution in [3.63, 3.8) is 0 Å². The predicted octanol–water partition coefficient (Wildman–Crippen LogP) is 1.64. The minimum atomic E-state index is -0.781. The van der Waals surface area contributed by atoms with Crippen LogP contribution in [-0.2, 0) is 4.79 Å². The first-order chi connectivity index (χ1) is 10.2. The highest BCUT2D eigenvalue weighted by molar-refractivity contribution is 5.85. The van der Waals surface area contributed by atoms with Gasteiger partial charge in [-0.2, -0.15) is 0 Å². The fourth-order valence-corrected chi connectivity index (χ4v) is 2.38. The Kier molecular flexibility index (Phi) is 13.1. The van der Waals surface area contributed by atoms with E-state index in [1.165, 1.54) is 0 Å². The number of carbonyl (C=O) groups is 1. The molecule has 7 N–H and O–H groups in total. The van der Waals surface area contributed by atoms with Crippen molar-refractivity contribution < 1.29 is 10.1 Å². The largest absolute Gasteiger partial charge is 0.328 e. The molecule has 0 radical (unpaired) electrons. The van der Waals surface area contributed by atoms with E-state index >= 15 is 0 Å². The third kappa shape index (κ3) is 10.9. The van der Waals surface area contributed by atoms with Crippen molar-refractivity contribution in [1.29, 1.82) is 0 Å². The van der Waals surface area contributed by atoms with Crippen LogP contribution >= 0.6 is 12.4 Å². The van der Waals surface area contributed by atoms with Gasteiger partial charge in [-0.3, -0.25) is 4.79 Å². The molecule has 2 atom stereocenters. The minimum Gasteiger partial charge on any atom is -0.328 e. The maximum Gasteiger partial charge on any atom is 0.244 e. The summed E-state index contributed by atoms with van der Waals surface area (Å²) in [5.41, 5.74) is 11.3. The average Bonchev–Trinajstić information content (AvgIpc) is 2.46. The van der Waals surface area contributed by atoms with Crippen LogP contribution in [0.25, 0.3) is 0 Å². The third-order valence-corrected chi connectivity index (χ3v) is 4.85. The van der Waals surface area contributed by atoms with Gasteiger partial charge in [0.2, 0.25) is 5.91 Å². The lowest BCUT2D eigenvalue weighted by molar-refractivity contribution is -0.727. The van der Waals surface area contributed by atoms with E-state index in [1.54, 1.807) is 0 Å². The van der Waals surface area contributed by atoms with E-state index in [0.717, 1.165) is 44.9 Å². The second-order valence-corrected chi connectivity index (χ2v) is 7.27. The normalized spacial score (nSPS) is 15.4. The highest BCUT2D eigenvalue weighted by atomic mass is 35.5. The lowest BCUT2D eigenvalue weighted by Crippen LogP contribution is -2.98. The molecular weight excluding hydrogens is 312 g/mol. The van der Waals surface area contributed by atoms with Gasteiger partial charge in [-0.25, -0.2) is 0 Å². The molecule has 23 heavy (non-hydrogen) atoms. The molecule has 0 aliphatic heterocycles. The van der Waals surface area contributed by atoms with Crippen molar-refractivity contribution in [2.24, 2.45) is 11.5 Å². The second-order valence-electron chi connectivity index (χ2n) is 7.27. The van der Waals surface area contributed by atoms with E-state index in [-0.39, 0.29) is 29.9 Å². The molecule has 5 nitrogen and oxygen atoms in total. The first-order valence-corrected chi connectivity index (χ1v) is 8.84. The lowest BCUT2D eigenvalue weighted by atomic mass is 9.94. The van der Waals surface area contributed by atoms with E-state index in [1.807, 2.05) is 13.8 Å². The topological polar surface area (TPSA) is 97.8 Å². The molecule has 0 saturated heterocycles. The molecule has 0 aliphatic rings. The first kappa shape index (κ1) is 24.9. The summed E-state index contributed by atoms with van der Waals surface area (Å²) in [5.74, 6) is -0.0505. The summed E-state index contributed by atoms with van der Waals surface area (Å²) in [4.78, 5) is 12.2. The second kappa shape index (κ2) is 12.1. The maximum absolute atomic E-state index is 12.2. The Bertz CT molecular complexity index is 318. The first-order valence-electron chi connectivity index (χ1n) is 8.84. The molecule has 0 fully saturated rings. The van der Waals surface area contributed by atoms with Gasteiger partial charge in [0.05, 0.1) is 11.1 Å². The Hall–Kier alpha value is -0.360. The SMILES string of the molecule is CCC(C)(CC)[NH2+]CNC(=O)C(C)(N)CCCCCC(C)N.Cl. The van der Waals surface area contributed by atoms with Crippen molar-refractivity contribution in [2.75, 3.05) is 6.67 Å². The van der Waals surface area contributed by atoms with Crippen LogP contribution in [0.15, 0.2) is 0 Å². The number of carbonyl (C=O) groups excluding carboxylic acids is 1. The number of quaternary nitrogens is 1. The standard InChI is InChI=1S/C17H38N4O.ClH/c1-6-16(4,7-2)21-13-20-15(22)17(5,19)12-10-8-9-11-14(3)18;/h14,21H,6-13,18-19H2,1-5H3,(H,20,22);1H/p+1. The van der Waals surface area contributed by atoms with Gasteiger partial charge >= 0.3 is 0 Å². The van der Waals surface area contributed by atoms with E-state index < -0.39 is 5.54 Å². The highest BCUT2D eigenvalue weighted by Gasteiger charge is 2.29. The van der Waals surface area contributed by atoms with Gasteiger partial charge in [0.1, 0.15) is 0 Å². The Morgan fingerprint density at radius 2 is 1.74 bits per heavy atom. The van der Waals surface area contributed by atoms with Crippen LogP contribution in [-0.4, -0.2) is 29.7 Å². The smallest absolute Gasteiger partial charge is 0.244 e. The van der Waals surface area contributed by atoms with E-state index in [2.05, 4.69) is 31.4 Å². The van der Waals surface area contributed by atoms with Crippen LogP contribution < -0.4 is 22.1 Å². The summed E-state index contributed by atoms with van der Waals surface area (Å²) < 4.78 is 0. The summed E-state index contributed by atoms with van der Waals surface area (Å²) in [5, 5.41) is 5.16. The van der Waals surface area contributed by atoms with Crippen LogP contribution in [0.3, 0.4) is 0 Å². The maximum atomic E-state index is 12.2. The fraction of sp³-hybridized carbons (Fsp3) is 0.941. The van der Waals surface area contributed by atoms with Crippen LogP contribution in [0.1, 0.15) is 79.6 Å². The molecule has 0 heterocycles. The zero-order valence-corrected chi connectivity index (χ0v) is 16.6. The van der Waals surface area contributed by atoms with E-state index in [4.69, 9.17) is 11.5 Å². The zero-order chi connectivity index (χ0) is 17.2. The molecule has 140 valence electrons. The number of nitrogens with one attached hydrogen (secondary N) is 1. The molecular formula is C17H40ClN4O+. The Morgan fingerprint density at radius 3 is 2.22 bits per heavy atom. The van der Waals surface area contributed by atoms with Gasteiger partial charge < -0.3 is 22.1 Å². The van der Waals surface area contributed by atoms with Crippen LogP contribution in [0.5, 0.6) is 0 Å². The molecule has 0 aliphatic carbocycles. The van der Waals surface area contributed by atoms with Crippen molar-refractivity contribution in [1.82, 2.24) is 5.32 Å². The summed E-state index contributed by atoms with van der Waals surface area (Å²) in [6.45, 7) is 11.0. The van der Waals surface area contributed by atoms with Gasteiger partial charge in [-0.05, 0) is 46.5 Å². The monoisotopic (exact) mass is 351 g/mol. The Morgan fingerprint density at radius 1 is 1.17 bits per heavy atom. The fourth-order valence-electron chi connectivity index (χ4n) is 2.38. The lowest BCUT2D eigenvalue weighted by Gasteiger charge is -2.27. The number of nitrogens with two attached hydrogens (primary N) is 3. The summed E-state index contributed by atoms with van der Waals surface area (Å²) in [6, 6.07) is 0.259. The molecule has 0 spiro atoms. The van der Waals surface area contributed by atoms with Gasteiger partial charge in [-0.1, -0.05) is 33.1 Å². The highest BCUT2D eigenvalue weighted by Crippen LogP contribution is 2.13. The van der Waals surface area contributed by atoms with Crippen molar-refractivity contribution >= 4 is 18.3 Å². The summed E-state index contributed by atoms with van der Waals surface area (Å²) in [7, 11) is 0. The molecule has 0 aromatic carbocycles. The molecule has 0 aromatic rings. The van der Waals surface area contributed by atoms with Crippen molar-refractivity contribution in [3.05, 3.63) is 0 Å². The quantitative estimate of drug-likeness (QED) is 0.318. The van der Waals surface area contributed by atoms with Gasteiger partial charge in [-0.15, -0.1) is 12.4 Å². The van der Waals surface area contributed by atoms with Crippen molar-refractivity contribution in [2.45, 2.75) is 96.7 Å². The van der Waals surface area contributed by atoms with E-state index in [9.17, 15) is 4.79 Å². The predicted molar refractivity (Wildman–Crippen MR) is 100 cm³/mol. The van der Waals surface area contributed by atoms with E-state index in [0.29, 0.717) is 6.67 Å². The van der Waals surface area contributed by atoms with Crippen LogP contribution in [0, 0.1) is 0 Å². The van der Waals surface area contributed by atoms with Crippen LogP contribution in [0.2, 0.25) is 0 Å². The molecule has 6 heteroatoms. The molecule has 0 saturated carbocycles. The summed E-state index contributed by atoms with van der Waals surface area (Å²) >= 11 is 0. The number of hydrogen-bond acceptors (Lipinski definition) is 3. The van der Waals surface area contributed by atoms with Gasteiger partial charge in [0.25, 0.3) is 0 Å². The molecule has 0 rings (SSSR count). The molecule has 0 bridgehead atoms. The van der Waals surface area contributed by atoms with Crippen LogP contribution in [0.4, 0.5) is 0 Å². The number of halogens is 1. The van der Waals surface area contributed by atoms with Gasteiger partial charge in [0, 0.05) is 6.04 Å². The number of unbranched alkanes of at least 4 members (excludes halogenated alkanes) is 2. The third-order valence-electron chi connectivity index (χ3n) is 4.85. The van der Waals surface area contributed by atoms with Crippen molar-refractivity contribution in [3.8, 4) is 0 Å². The number of amides is 1. The molecule has 2 unspecified atom stereocenters. The molecule has 0 aromatic heterocycles. The molecule has 1 amide bonds. The Labute approximate surface area is 149 Å². The zero-order valence-electron chi connectivity index (χ0n) is 15.8. The summed E-state index contributed by atoms with van der Waals surface area (Å²) in [6.07, 6.45) is 7.08. The number of rotatable bonds is 12. The average molecular weight is 352 g/mol. The van der Waals surface area contributed by atoms with Gasteiger partial charge in [0.15, 0.2) is 6.67 Å². The Balaban J connectivity index is 0. The number of hydrogen-bond donors (Lipinski definition) is 4.